The fraction of sp³-hybridized carbons (Fsp3) is 0.300. The maximum absolute atomic E-state index is 13.8. The van der Waals surface area contributed by atoms with Gasteiger partial charge in [-0.15, -0.1) is 0 Å². The highest BCUT2D eigenvalue weighted by molar-refractivity contribution is 7.89. The Hall–Kier alpha value is -2.49. The van der Waals surface area contributed by atoms with E-state index in [0.29, 0.717) is 18.7 Å². The molecule has 0 spiro atoms. The minimum atomic E-state index is -3.71. The Labute approximate surface area is 179 Å². The molecule has 2 aromatic carbocycles. The van der Waals surface area contributed by atoms with E-state index >= 15 is 0 Å². The summed E-state index contributed by atoms with van der Waals surface area (Å²) in [7, 11) is -3.71. The Morgan fingerprint density at radius 1 is 1.17 bits per heavy atom. The van der Waals surface area contributed by atoms with Gasteiger partial charge in [0.05, 0.1) is 9.92 Å². The Bertz CT molecular complexity index is 1030. The number of halogens is 2. The van der Waals surface area contributed by atoms with Crippen molar-refractivity contribution in [1.29, 1.82) is 0 Å². The third-order valence-corrected chi connectivity index (χ3v) is 6.69. The average Bonchev–Trinajstić information content (AvgIpc) is 2.68. The molecule has 0 saturated heterocycles. The molecule has 162 valence electrons. The highest BCUT2D eigenvalue weighted by Gasteiger charge is 2.23. The van der Waals surface area contributed by atoms with Crippen LogP contribution in [0.15, 0.2) is 41.3 Å². The van der Waals surface area contributed by atoms with Gasteiger partial charge in [-0.25, -0.2) is 17.6 Å². The molecule has 7 nitrogen and oxygen atoms in total. The van der Waals surface area contributed by atoms with Gasteiger partial charge < -0.3 is 10.1 Å². The number of nitrogens with zero attached hydrogens (tertiary/aromatic N) is 1. The highest BCUT2D eigenvalue weighted by Crippen LogP contribution is 2.23. The monoisotopic (exact) mass is 456 g/mol. The Morgan fingerprint density at radius 3 is 2.43 bits per heavy atom. The van der Waals surface area contributed by atoms with Crippen LogP contribution in [0.3, 0.4) is 0 Å². The van der Waals surface area contributed by atoms with E-state index in [1.54, 1.807) is 26.8 Å². The lowest BCUT2D eigenvalue weighted by atomic mass is 10.2. The van der Waals surface area contributed by atoms with Gasteiger partial charge in [0, 0.05) is 18.8 Å². The van der Waals surface area contributed by atoms with E-state index < -0.39 is 39.9 Å². The van der Waals surface area contributed by atoms with Gasteiger partial charge in [-0.2, -0.15) is 4.31 Å². The molecule has 0 aromatic heterocycles. The molecule has 1 N–H and O–H groups in total. The number of rotatable bonds is 8. The van der Waals surface area contributed by atoms with Gasteiger partial charge in [-0.1, -0.05) is 37.6 Å². The summed E-state index contributed by atoms with van der Waals surface area (Å²) in [6.45, 7) is 5.07. The molecular weight excluding hydrogens is 435 g/mol. The second kappa shape index (κ2) is 10.0. The summed E-state index contributed by atoms with van der Waals surface area (Å²) in [5, 5.41) is 2.37. The summed E-state index contributed by atoms with van der Waals surface area (Å²) in [6, 6.07) is 8.08. The number of carbonyl (C=O) groups excluding carboxylic acids is 2. The molecule has 0 aliphatic rings. The molecule has 0 bridgehead atoms. The molecule has 0 aliphatic carbocycles. The molecule has 0 unspecified atom stereocenters. The second-order valence-electron chi connectivity index (χ2n) is 6.29. The first-order valence-corrected chi connectivity index (χ1v) is 10.9. The lowest BCUT2D eigenvalue weighted by molar-refractivity contribution is -0.119. The first-order chi connectivity index (χ1) is 14.1. The first-order valence-electron chi connectivity index (χ1n) is 9.13. The molecule has 0 heterocycles. The number of esters is 1. The summed E-state index contributed by atoms with van der Waals surface area (Å²) in [5.41, 5.74) is 0.411. The van der Waals surface area contributed by atoms with Crippen LogP contribution < -0.4 is 5.32 Å². The van der Waals surface area contributed by atoms with Crippen molar-refractivity contribution in [3.63, 3.8) is 0 Å². The topological polar surface area (TPSA) is 92.8 Å². The Kier molecular flexibility index (Phi) is 7.94. The van der Waals surface area contributed by atoms with E-state index in [-0.39, 0.29) is 15.6 Å². The third-order valence-electron chi connectivity index (χ3n) is 4.33. The van der Waals surface area contributed by atoms with Crippen molar-refractivity contribution in [3.8, 4) is 0 Å². The standard InChI is InChI=1S/C20H22ClFN2O5S/c1-4-24(5-2)30(27,28)14-10-9-13(3)17(11-14)23-18(25)12-29-20(26)19-15(21)7-6-8-16(19)22/h6-11H,4-5,12H2,1-3H3,(H,23,25). The number of carbonyl (C=O) groups is 2. The van der Waals surface area contributed by atoms with E-state index in [1.165, 1.54) is 28.6 Å². The zero-order valence-electron chi connectivity index (χ0n) is 16.7. The molecule has 0 saturated carbocycles. The third kappa shape index (κ3) is 5.35. The molecule has 30 heavy (non-hydrogen) atoms. The van der Waals surface area contributed by atoms with Crippen LogP contribution >= 0.6 is 11.6 Å². The minimum Gasteiger partial charge on any atom is -0.452 e. The minimum absolute atomic E-state index is 0.0298. The highest BCUT2D eigenvalue weighted by atomic mass is 35.5. The molecule has 0 fully saturated rings. The number of hydrogen-bond acceptors (Lipinski definition) is 5. The number of anilines is 1. The smallest absolute Gasteiger partial charge is 0.343 e. The lowest BCUT2D eigenvalue weighted by Crippen LogP contribution is -2.30. The van der Waals surface area contributed by atoms with Crippen molar-refractivity contribution in [3.05, 3.63) is 58.4 Å². The van der Waals surface area contributed by atoms with Crippen LogP contribution in [-0.4, -0.2) is 44.3 Å². The van der Waals surface area contributed by atoms with Gasteiger partial charge in [-0.05, 0) is 36.8 Å². The van der Waals surface area contributed by atoms with Crippen molar-refractivity contribution in [2.75, 3.05) is 25.0 Å². The zero-order valence-corrected chi connectivity index (χ0v) is 18.3. The van der Waals surface area contributed by atoms with Crippen LogP contribution in [0, 0.1) is 12.7 Å². The van der Waals surface area contributed by atoms with E-state index in [1.807, 2.05) is 0 Å². The van der Waals surface area contributed by atoms with E-state index in [2.05, 4.69) is 5.32 Å². The maximum atomic E-state index is 13.8. The predicted molar refractivity (Wildman–Crippen MR) is 112 cm³/mol. The van der Waals surface area contributed by atoms with Crippen molar-refractivity contribution in [2.24, 2.45) is 0 Å². The quantitative estimate of drug-likeness (QED) is 0.612. The lowest BCUT2D eigenvalue weighted by Gasteiger charge is -2.19. The van der Waals surface area contributed by atoms with Gasteiger partial charge in [0.15, 0.2) is 6.61 Å². The molecule has 1 amide bonds. The normalized spacial score (nSPS) is 11.4. The van der Waals surface area contributed by atoms with Crippen LogP contribution in [0.1, 0.15) is 29.8 Å². The van der Waals surface area contributed by atoms with Crippen molar-refractivity contribution in [2.45, 2.75) is 25.7 Å². The molecule has 0 aliphatic heterocycles. The largest absolute Gasteiger partial charge is 0.452 e. The molecule has 0 radical (unpaired) electrons. The van der Waals surface area contributed by atoms with Gasteiger partial charge >= 0.3 is 5.97 Å². The van der Waals surface area contributed by atoms with E-state index in [4.69, 9.17) is 16.3 Å². The predicted octanol–water partition coefficient (Wildman–Crippen LogP) is 3.61. The average molecular weight is 457 g/mol. The summed E-state index contributed by atoms with van der Waals surface area (Å²) in [4.78, 5) is 24.3. The fourth-order valence-electron chi connectivity index (χ4n) is 2.69. The zero-order chi connectivity index (χ0) is 22.5. The number of hydrogen-bond donors (Lipinski definition) is 1. The molecule has 2 aromatic rings. The van der Waals surface area contributed by atoms with Gasteiger partial charge in [0.1, 0.15) is 11.4 Å². The number of amides is 1. The molecule has 0 atom stereocenters. The number of nitrogens with one attached hydrogen (secondary N) is 1. The molecule has 2 rings (SSSR count). The Morgan fingerprint density at radius 2 is 1.83 bits per heavy atom. The maximum Gasteiger partial charge on any atom is 0.343 e. The number of aryl methyl sites for hydroxylation is 1. The van der Waals surface area contributed by atoms with E-state index in [9.17, 15) is 22.4 Å². The Balaban J connectivity index is 2.13. The summed E-state index contributed by atoms with van der Waals surface area (Å²) >= 11 is 5.80. The summed E-state index contributed by atoms with van der Waals surface area (Å²) < 4.78 is 45.2. The van der Waals surface area contributed by atoms with Gasteiger partial charge in [0.25, 0.3) is 5.91 Å². The number of ether oxygens (including phenoxy) is 1. The van der Waals surface area contributed by atoms with Crippen molar-refractivity contribution >= 4 is 39.2 Å². The van der Waals surface area contributed by atoms with Crippen molar-refractivity contribution in [1.82, 2.24) is 4.31 Å². The SMILES string of the molecule is CCN(CC)S(=O)(=O)c1ccc(C)c(NC(=O)COC(=O)c2c(F)cccc2Cl)c1. The summed E-state index contributed by atoms with van der Waals surface area (Å²) in [5.74, 6) is -2.66. The summed E-state index contributed by atoms with van der Waals surface area (Å²) in [6.07, 6.45) is 0. The van der Waals surface area contributed by atoms with Crippen LogP contribution in [0.4, 0.5) is 10.1 Å². The number of sulfonamides is 1. The van der Waals surface area contributed by atoms with Crippen LogP contribution in [0.2, 0.25) is 5.02 Å². The second-order valence-corrected chi connectivity index (χ2v) is 8.63. The van der Waals surface area contributed by atoms with E-state index in [0.717, 1.165) is 6.07 Å². The fourth-order valence-corrected chi connectivity index (χ4v) is 4.42. The molecule has 10 heteroatoms. The van der Waals surface area contributed by atoms with Crippen LogP contribution in [0.5, 0.6) is 0 Å². The number of benzene rings is 2. The van der Waals surface area contributed by atoms with Crippen molar-refractivity contribution < 1.29 is 27.1 Å². The van der Waals surface area contributed by atoms with Crippen LogP contribution in [-0.2, 0) is 19.6 Å². The first kappa shape index (κ1) is 23.8. The van der Waals surface area contributed by atoms with Crippen LogP contribution in [0.25, 0.3) is 0 Å². The van der Waals surface area contributed by atoms with Gasteiger partial charge in [0.2, 0.25) is 10.0 Å². The van der Waals surface area contributed by atoms with Gasteiger partial charge in [-0.3, -0.25) is 4.79 Å². The molecular formula is C20H22ClFN2O5S.